The van der Waals surface area contributed by atoms with Gasteiger partial charge >= 0.3 is 5.97 Å². The maximum absolute atomic E-state index is 13.3. The molecular formula is C19H27FN2O5S. The number of carbonyl (C=O) groups is 2. The number of sulfonamides is 1. The monoisotopic (exact) mass is 414 g/mol. The van der Waals surface area contributed by atoms with Crippen molar-refractivity contribution >= 4 is 27.6 Å². The van der Waals surface area contributed by atoms with Crippen LogP contribution in [0.25, 0.3) is 0 Å². The Morgan fingerprint density at radius 3 is 2.25 bits per heavy atom. The summed E-state index contributed by atoms with van der Waals surface area (Å²) in [5.41, 5.74) is 0.241. The van der Waals surface area contributed by atoms with Gasteiger partial charge in [0.2, 0.25) is 15.9 Å². The van der Waals surface area contributed by atoms with Gasteiger partial charge in [-0.3, -0.25) is 13.9 Å². The molecule has 1 aromatic rings. The Bertz CT molecular complexity index is 789. The van der Waals surface area contributed by atoms with Gasteiger partial charge in [0.05, 0.1) is 24.5 Å². The van der Waals surface area contributed by atoms with Gasteiger partial charge in [0.25, 0.3) is 0 Å². The minimum Gasteiger partial charge on any atom is -0.466 e. The third-order valence-corrected chi connectivity index (χ3v) is 6.00. The Balaban J connectivity index is 2.19. The van der Waals surface area contributed by atoms with Crippen LogP contribution in [0.3, 0.4) is 0 Å². The molecule has 0 N–H and O–H groups in total. The van der Waals surface area contributed by atoms with Crippen LogP contribution in [0.5, 0.6) is 0 Å². The molecule has 0 saturated carbocycles. The molecule has 0 spiro atoms. The fourth-order valence-corrected chi connectivity index (χ4v) is 4.64. The van der Waals surface area contributed by atoms with Crippen LogP contribution in [0.1, 0.15) is 33.1 Å². The van der Waals surface area contributed by atoms with Gasteiger partial charge in [-0.05, 0) is 50.5 Å². The van der Waals surface area contributed by atoms with Crippen LogP contribution in [0.15, 0.2) is 24.3 Å². The first-order valence-corrected chi connectivity index (χ1v) is 11.2. The van der Waals surface area contributed by atoms with Gasteiger partial charge in [0, 0.05) is 13.1 Å². The molecule has 0 bridgehead atoms. The summed E-state index contributed by atoms with van der Waals surface area (Å²) in [5.74, 6) is -1.31. The average Bonchev–Trinajstić information content (AvgIpc) is 2.66. The van der Waals surface area contributed by atoms with E-state index in [0.29, 0.717) is 32.5 Å². The second kappa shape index (κ2) is 9.36. The normalized spacial score (nSPS) is 16.5. The minimum absolute atomic E-state index is 0.241. The molecule has 0 aromatic heterocycles. The first-order chi connectivity index (χ1) is 13.2. The lowest BCUT2D eigenvalue weighted by atomic mass is 9.96. The van der Waals surface area contributed by atoms with Crippen molar-refractivity contribution < 1.29 is 27.1 Å². The lowest BCUT2D eigenvalue weighted by Crippen LogP contribution is -2.52. The number of amides is 1. The summed E-state index contributed by atoms with van der Waals surface area (Å²) >= 11 is 0. The molecule has 1 amide bonds. The van der Waals surface area contributed by atoms with Gasteiger partial charge in [-0.2, -0.15) is 0 Å². The van der Waals surface area contributed by atoms with Crippen LogP contribution in [0.4, 0.5) is 10.1 Å². The van der Waals surface area contributed by atoms with E-state index in [2.05, 4.69) is 0 Å². The van der Waals surface area contributed by atoms with Gasteiger partial charge in [-0.1, -0.05) is 6.92 Å². The molecule has 2 rings (SSSR count). The summed E-state index contributed by atoms with van der Waals surface area (Å²) in [4.78, 5) is 26.6. The van der Waals surface area contributed by atoms with Gasteiger partial charge in [0.15, 0.2) is 0 Å². The van der Waals surface area contributed by atoms with E-state index in [0.717, 1.165) is 22.7 Å². The van der Waals surface area contributed by atoms with Crippen LogP contribution >= 0.6 is 0 Å². The molecule has 1 unspecified atom stereocenters. The maximum atomic E-state index is 13.3. The summed E-state index contributed by atoms with van der Waals surface area (Å²) in [6.45, 7) is 4.52. The number of hydrogen-bond donors (Lipinski definition) is 0. The number of nitrogens with zero attached hydrogens (tertiary/aromatic N) is 2. The van der Waals surface area contributed by atoms with E-state index in [-0.39, 0.29) is 29.9 Å². The number of halogens is 1. The van der Waals surface area contributed by atoms with E-state index in [1.165, 1.54) is 12.1 Å². The minimum atomic E-state index is -3.77. The van der Waals surface area contributed by atoms with Gasteiger partial charge in [0.1, 0.15) is 11.9 Å². The second-order valence-corrected chi connectivity index (χ2v) is 8.67. The quantitative estimate of drug-likeness (QED) is 0.639. The highest BCUT2D eigenvalue weighted by atomic mass is 32.2. The zero-order valence-electron chi connectivity index (χ0n) is 16.4. The molecule has 0 aliphatic carbocycles. The molecule has 1 aliphatic rings. The molecule has 1 heterocycles. The number of likely N-dealkylation sites (tertiary alicyclic amines) is 1. The molecule has 28 heavy (non-hydrogen) atoms. The smallest absolute Gasteiger partial charge is 0.309 e. The predicted octanol–water partition coefficient (Wildman–Crippen LogP) is 2.17. The highest BCUT2D eigenvalue weighted by Crippen LogP contribution is 2.26. The maximum Gasteiger partial charge on any atom is 0.309 e. The topological polar surface area (TPSA) is 84.0 Å². The Kier molecular flexibility index (Phi) is 7.40. The van der Waals surface area contributed by atoms with E-state index in [9.17, 15) is 22.4 Å². The second-order valence-electron chi connectivity index (χ2n) is 6.81. The largest absolute Gasteiger partial charge is 0.466 e. The standard InChI is InChI=1S/C19H27FN2O5S/c1-4-17(22(28(3,25)26)16-8-6-15(20)7-9-16)18(23)21-12-10-14(11-13-21)19(24)27-5-2/h6-9,14,17H,4-5,10-13H2,1-3H3. The van der Waals surface area contributed by atoms with E-state index < -0.39 is 21.9 Å². The van der Waals surface area contributed by atoms with Crippen molar-refractivity contribution in [3.63, 3.8) is 0 Å². The summed E-state index contributed by atoms with van der Waals surface area (Å²) in [5, 5.41) is 0. The zero-order chi connectivity index (χ0) is 20.9. The molecule has 1 fully saturated rings. The molecule has 1 saturated heterocycles. The number of ether oxygens (including phenoxy) is 1. The fourth-order valence-electron chi connectivity index (χ4n) is 3.44. The Morgan fingerprint density at radius 1 is 1.21 bits per heavy atom. The fraction of sp³-hybridized carbons (Fsp3) is 0.579. The molecule has 156 valence electrons. The molecule has 1 atom stereocenters. The zero-order valence-corrected chi connectivity index (χ0v) is 17.2. The SMILES string of the molecule is CCOC(=O)C1CCN(C(=O)C(CC)N(c2ccc(F)cc2)S(C)(=O)=O)CC1. The molecule has 1 aromatic carbocycles. The van der Waals surface area contributed by atoms with Crippen molar-refractivity contribution in [2.45, 2.75) is 39.2 Å². The number of piperidine rings is 1. The third-order valence-electron chi connectivity index (χ3n) is 4.82. The van der Waals surface area contributed by atoms with Crippen LogP contribution < -0.4 is 4.31 Å². The van der Waals surface area contributed by atoms with E-state index in [4.69, 9.17) is 4.74 Å². The molecule has 1 aliphatic heterocycles. The van der Waals surface area contributed by atoms with Crippen LogP contribution in [-0.2, 0) is 24.3 Å². The average molecular weight is 414 g/mol. The highest BCUT2D eigenvalue weighted by molar-refractivity contribution is 7.92. The number of esters is 1. The number of rotatable bonds is 7. The Morgan fingerprint density at radius 2 is 1.79 bits per heavy atom. The van der Waals surface area contributed by atoms with Crippen molar-refractivity contribution in [2.75, 3.05) is 30.3 Å². The van der Waals surface area contributed by atoms with Crippen molar-refractivity contribution in [1.29, 1.82) is 0 Å². The first kappa shape index (κ1) is 22.1. The number of carbonyl (C=O) groups excluding carboxylic acids is 2. The Hall–Kier alpha value is -2.16. The summed E-state index contributed by atoms with van der Waals surface area (Å²) < 4.78 is 44.2. The van der Waals surface area contributed by atoms with Crippen LogP contribution in [0.2, 0.25) is 0 Å². The summed E-state index contributed by atoms with van der Waals surface area (Å²) in [6, 6.07) is 4.09. The summed E-state index contributed by atoms with van der Waals surface area (Å²) in [6.07, 6.45) is 2.26. The molecule has 0 radical (unpaired) electrons. The van der Waals surface area contributed by atoms with Crippen molar-refractivity contribution in [3.8, 4) is 0 Å². The number of benzene rings is 1. The first-order valence-electron chi connectivity index (χ1n) is 9.39. The number of hydrogen-bond acceptors (Lipinski definition) is 5. The highest BCUT2D eigenvalue weighted by Gasteiger charge is 2.36. The predicted molar refractivity (Wildman–Crippen MR) is 104 cm³/mol. The van der Waals surface area contributed by atoms with E-state index in [1.54, 1.807) is 18.7 Å². The lowest BCUT2D eigenvalue weighted by Gasteiger charge is -2.37. The summed E-state index contributed by atoms with van der Waals surface area (Å²) in [7, 11) is -3.77. The van der Waals surface area contributed by atoms with Gasteiger partial charge < -0.3 is 9.64 Å². The molecule has 7 nitrogen and oxygen atoms in total. The lowest BCUT2D eigenvalue weighted by molar-refractivity contribution is -0.151. The van der Waals surface area contributed by atoms with Gasteiger partial charge in [-0.15, -0.1) is 0 Å². The third kappa shape index (κ3) is 5.21. The van der Waals surface area contributed by atoms with Crippen molar-refractivity contribution in [2.24, 2.45) is 5.92 Å². The van der Waals surface area contributed by atoms with Crippen molar-refractivity contribution in [1.82, 2.24) is 4.90 Å². The Labute approximate surface area is 165 Å². The molecular weight excluding hydrogens is 387 g/mol. The molecule has 9 heteroatoms. The van der Waals surface area contributed by atoms with Crippen LogP contribution in [-0.4, -0.2) is 57.2 Å². The van der Waals surface area contributed by atoms with Gasteiger partial charge in [-0.25, -0.2) is 12.8 Å². The van der Waals surface area contributed by atoms with E-state index in [1.807, 2.05) is 0 Å². The van der Waals surface area contributed by atoms with Crippen LogP contribution in [0, 0.1) is 11.7 Å². The van der Waals surface area contributed by atoms with E-state index >= 15 is 0 Å². The van der Waals surface area contributed by atoms with Crippen molar-refractivity contribution in [3.05, 3.63) is 30.1 Å². The number of anilines is 1.